The summed E-state index contributed by atoms with van der Waals surface area (Å²) in [5, 5.41) is 0. The van der Waals surface area contributed by atoms with Crippen LogP contribution >= 0.6 is 0 Å². The number of para-hydroxylation sites is 2. The van der Waals surface area contributed by atoms with E-state index in [-0.39, 0.29) is 24.2 Å². The molecule has 8 nitrogen and oxygen atoms in total. The molecular formula is C24H17N5O3. The second-order valence-corrected chi connectivity index (χ2v) is 6.87. The molecule has 156 valence electrons. The van der Waals surface area contributed by atoms with Crippen molar-refractivity contribution in [1.29, 1.82) is 0 Å². The van der Waals surface area contributed by atoms with E-state index in [9.17, 15) is 4.79 Å². The molecule has 5 aromatic rings. The van der Waals surface area contributed by atoms with Gasteiger partial charge in [-0.1, -0.05) is 18.2 Å². The van der Waals surface area contributed by atoms with Crippen molar-refractivity contribution in [2.24, 2.45) is 0 Å². The number of nitrogens with zero attached hydrogens (tertiary/aromatic N) is 4. The number of pyridine rings is 1. The highest BCUT2D eigenvalue weighted by Gasteiger charge is 2.15. The summed E-state index contributed by atoms with van der Waals surface area (Å²) in [6.45, 7) is 0.286. The lowest BCUT2D eigenvalue weighted by atomic mass is 10.1. The predicted molar refractivity (Wildman–Crippen MR) is 117 cm³/mol. The van der Waals surface area contributed by atoms with Crippen LogP contribution < -0.4 is 9.47 Å². The highest BCUT2D eigenvalue weighted by Crippen LogP contribution is 2.28. The number of ether oxygens (including phenoxy) is 2. The molecule has 0 amide bonds. The van der Waals surface area contributed by atoms with Gasteiger partial charge in [-0.25, -0.2) is 15.0 Å². The first-order valence-electron chi connectivity index (χ1n) is 9.86. The summed E-state index contributed by atoms with van der Waals surface area (Å²) >= 11 is 0. The number of imidazole rings is 1. The van der Waals surface area contributed by atoms with Gasteiger partial charge in [-0.05, 0) is 42.5 Å². The first-order chi connectivity index (χ1) is 15.8. The Bertz CT molecular complexity index is 1330. The van der Waals surface area contributed by atoms with Crippen molar-refractivity contribution < 1.29 is 14.3 Å². The SMILES string of the molecule is O=C(c1ccc(Oc2nccnc2OCc2cccnc2)cc1)c1nc2ccccc2[nH]1. The summed E-state index contributed by atoms with van der Waals surface area (Å²) in [6, 6.07) is 18.0. The van der Waals surface area contributed by atoms with Crippen LogP contribution in [-0.2, 0) is 6.61 Å². The van der Waals surface area contributed by atoms with E-state index in [4.69, 9.17) is 9.47 Å². The van der Waals surface area contributed by atoms with Crippen LogP contribution in [0.4, 0.5) is 0 Å². The zero-order valence-corrected chi connectivity index (χ0v) is 16.8. The normalized spacial score (nSPS) is 10.8. The van der Waals surface area contributed by atoms with Crippen LogP contribution in [0.2, 0.25) is 0 Å². The number of carbonyl (C=O) groups excluding carboxylic acids is 1. The van der Waals surface area contributed by atoms with Crippen LogP contribution in [0.1, 0.15) is 21.7 Å². The van der Waals surface area contributed by atoms with Gasteiger partial charge in [-0.3, -0.25) is 9.78 Å². The van der Waals surface area contributed by atoms with Gasteiger partial charge in [-0.15, -0.1) is 0 Å². The monoisotopic (exact) mass is 423 g/mol. The Balaban J connectivity index is 1.30. The molecule has 8 heteroatoms. The Labute approximate surface area is 182 Å². The van der Waals surface area contributed by atoms with E-state index in [0.717, 1.165) is 16.6 Å². The molecule has 3 heterocycles. The summed E-state index contributed by atoms with van der Waals surface area (Å²) in [6.07, 6.45) is 6.46. The van der Waals surface area contributed by atoms with Gasteiger partial charge in [0.15, 0.2) is 5.82 Å². The number of aromatic amines is 1. The molecule has 0 radical (unpaired) electrons. The van der Waals surface area contributed by atoms with Crippen molar-refractivity contribution in [2.75, 3.05) is 0 Å². The largest absolute Gasteiger partial charge is 0.469 e. The molecule has 0 aliphatic carbocycles. The van der Waals surface area contributed by atoms with Crippen LogP contribution in [0.3, 0.4) is 0 Å². The van der Waals surface area contributed by atoms with E-state index in [1.807, 2.05) is 36.4 Å². The maximum absolute atomic E-state index is 12.8. The van der Waals surface area contributed by atoms with Crippen molar-refractivity contribution in [3.63, 3.8) is 0 Å². The predicted octanol–water partition coefficient (Wildman–Crippen LogP) is 4.35. The standard InChI is InChI=1S/C24H17N5O3/c30-21(22-28-19-5-1-2-6-20(19)29-22)17-7-9-18(10-8-17)32-24-23(26-12-13-27-24)31-15-16-4-3-11-25-14-16/h1-14H,15H2,(H,28,29). The van der Waals surface area contributed by atoms with E-state index < -0.39 is 0 Å². The number of aromatic nitrogens is 5. The van der Waals surface area contributed by atoms with Gasteiger partial charge in [0.2, 0.25) is 5.78 Å². The number of ketones is 1. The van der Waals surface area contributed by atoms with E-state index in [1.54, 1.807) is 36.7 Å². The summed E-state index contributed by atoms with van der Waals surface area (Å²) < 4.78 is 11.6. The van der Waals surface area contributed by atoms with Gasteiger partial charge in [0, 0.05) is 35.9 Å². The van der Waals surface area contributed by atoms with Crippen molar-refractivity contribution in [3.05, 3.63) is 102 Å². The molecule has 5 rings (SSSR count). The summed E-state index contributed by atoms with van der Waals surface area (Å²) in [4.78, 5) is 32.7. The minimum Gasteiger partial charge on any atom is -0.469 e. The van der Waals surface area contributed by atoms with Gasteiger partial charge >= 0.3 is 0 Å². The quantitative estimate of drug-likeness (QED) is 0.388. The lowest BCUT2D eigenvalue weighted by molar-refractivity contribution is 0.103. The number of H-pyrrole nitrogens is 1. The van der Waals surface area contributed by atoms with Crippen LogP contribution in [0, 0.1) is 0 Å². The van der Waals surface area contributed by atoms with E-state index in [2.05, 4.69) is 24.9 Å². The number of nitrogens with one attached hydrogen (secondary N) is 1. The molecule has 0 aliphatic rings. The van der Waals surface area contributed by atoms with Crippen LogP contribution in [0.15, 0.2) is 85.5 Å². The number of carbonyl (C=O) groups is 1. The minimum atomic E-state index is -0.201. The van der Waals surface area contributed by atoms with Crippen LogP contribution in [-0.4, -0.2) is 30.7 Å². The third kappa shape index (κ3) is 4.15. The molecule has 32 heavy (non-hydrogen) atoms. The van der Waals surface area contributed by atoms with Crippen LogP contribution in [0.25, 0.3) is 11.0 Å². The Hall–Kier alpha value is -4.59. The van der Waals surface area contributed by atoms with Gasteiger partial charge < -0.3 is 14.5 Å². The third-order valence-electron chi connectivity index (χ3n) is 4.67. The molecule has 0 bridgehead atoms. The minimum absolute atomic E-state index is 0.201. The molecule has 0 atom stereocenters. The first-order valence-corrected chi connectivity index (χ1v) is 9.86. The molecule has 0 saturated carbocycles. The Morgan fingerprint density at radius 2 is 1.69 bits per heavy atom. The van der Waals surface area contributed by atoms with Gasteiger partial charge in [0.25, 0.3) is 11.8 Å². The maximum atomic E-state index is 12.8. The van der Waals surface area contributed by atoms with Gasteiger partial charge in [0.05, 0.1) is 11.0 Å². The average molecular weight is 423 g/mol. The fourth-order valence-electron chi connectivity index (χ4n) is 3.10. The number of hydrogen-bond acceptors (Lipinski definition) is 7. The summed E-state index contributed by atoms with van der Waals surface area (Å²) in [5.74, 6) is 1.08. The van der Waals surface area contributed by atoms with Crippen molar-refractivity contribution in [2.45, 2.75) is 6.61 Å². The lowest BCUT2D eigenvalue weighted by Crippen LogP contribution is -2.03. The Morgan fingerprint density at radius 3 is 2.47 bits per heavy atom. The summed E-state index contributed by atoms with van der Waals surface area (Å²) in [5.41, 5.74) is 2.95. The number of fused-ring (bicyclic) bond motifs is 1. The van der Waals surface area contributed by atoms with E-state index >= 15 is 0 Å². The van der Waals surface area contributed by atoms with Crippen molar-refractivity contribution >= 4 is 16.8 Å². The van der Waals surface area contributed by atoms with Gasteiger partial charge in [0.1, 0.15) is 12.4 Å². The average Bonchev–Trinajstić information content (AvgIpc) is 3.29. The topological polar surface area (TPSA) is 103 Å². The molecule has 1 N–H and O–H groups in total. The Morgan fingerprint density at radius 1 is 0.875 bits per heavy atom. The molecule has 0 spiro atoms. The number of benzene rings is 2. The highest BCUT2D eigenvalue weighted by atomic mass is 16.5. The van der Waals surface area contributed by atoms with Crippen molar-refractivity contribution in [1.82, 2.24) is 24.9 Å². The Kier molecular flexibility index (Phi) is 5.24. The second-order valence-electron chi connectivity index (χ2n) is 6.87. The van der Waals surface area contributed by atoms with Crippen LogP contribution in [0.5, 0.6) is 17.5 Å². The molecule has 2 aromatic carbocycles. The number of hydrogen-bond donors (Lipinski definition) is 1. The first kappa shape index (κ1) is 19.4. The molecule has 0 aliphatic heterocycles. The lowest BCUT2D eigenvalue weighted by Gasteiger charge is -2.10. The van der Waals surface area contributed by atoms with E-state index in [1.165, 1.54) is 12.4 Å². The maximum Gasteiger partial charge on any atom is 0.283 e. The molecule has 3 aromatic heterocycles. The second kappa shape index (κ2) is 8.65. The van der Waals surface area contributed by atoms with Gasteiger partial charge in [-0.2, -0.15) is 0 Å². The third-order valence-corrected chi connectivity index (χ3v) is 4.67. The molecule has 0 fully saturated rings. The highest BCUT2D eigenvalue weighted by molar-refractivity contribution is 6.08. The zero-order chi connectivity index (χ0) is 21.8. The molecular weight excluding hydrogens is 406 g/mol. The fraction of sp³-hybridized carbons (Fsp3) is 0.0417. The smallest absolute Gasteiger partial charge is 0.283 e. The zero-order valence-electron chi connectivity index (χ0n) is 16.8. The fourth-order valence-corrected chi connectivity index (χ4v) is 3.10. The number of rotatable bonds is 7. The van der Waals surface area contributed by atoms with E-state index in [0.29, 0.717) is 17.1 Å². The van der Waals surface area contributed by atoms with Crippen molar-refractivity contribution in [3.8, 4) is 17.5 Å². The molecule has 0 unspecified atom stereocenters. The summed E-state index contributed by atoms with van der Waals surface area (Å²) in [7, 11) is 0. The molecule has 0 saturated heterocycles.